The average molecular weight is 357 g/mol. The van der Waals surface area contributed by atoms with E-state index in [-0.39, 0.29) is 5.91 Å². The van der Waals surface area contributed by atoms with Crippen LogP contribution in [0.1, 0.15) is 48.5 Å². The number of hydrazone groups is 1. The molecule has 1 aliphatic carbocycles. The van der Waals surface area contributed by atoms with E-state index in [0.29, 0.717) is 11.5 Å². The van der Waals surface area contributed by atoms with Crippen molar-refractivity contribution in [2.75, 3.05) is 0 Å². The SMILES string of the molecule is C[C@@H]1CCCCC1=NNC(=O)c1ccc(CSc2nncn2C)cc1. The Labute approximate surface area is 152 Å². The van der Waals surface area contributed by atoms with Crippen LogP contribution < -0.4 is 5.43 Å². The van der Waals surface area contributed by atoms with Crippen molar-refractivity contribution >= 4 is 23.4 Å². The molecule has 1 aliphatic rings. The minimum Gasteiger partial charge on any atom is -0.312 e. The number of carbonyl (C=O) groups excluding carboxylic acids is 1. The highest BCUT2D eigenvalue weighted by Crippen LogP contribution is 2.21. The molecule has 3 rings (SSSR count). The van der Waals surface area contributed by atoms with Gasteiger partial charge in [-0.15, -0.1) is 10.2 Å². The van der Waals surface area contributed by atoms with Crippen molar-refractivity contribution < 1.29 is 4.79 Å². The van der Waals surface area contributed by atoms with Crippen molar-refractivity contribution in [2.45, 2.75) is 43.5 Å². The van der Waals surface area contributed by atoms with Gasteiger partial charge in [0, 0.05) is 24.1 Å². The Morgan fingerprint density at radius 2 is 2.16 bits per heavy atom. The van der Waals surface area contributed by atoms with Crippen molar-refractivity contribution in [2.24, 2.45) is 18.1 Å². The number of amides is 1. The Kier molecular flexibility index (Phi) is 5.86. The average Bonchev–Trinajstić information content (AvgIpc) is 3.04. The molecule has 0 bridgehead atoms. The lowest BCUT2D eigenvalue weighted by Crippen LogP contribution is -2.24. The second kappa shape index (κ2) is 8.29. The van der Waals surface area contributed by atoms with Gasteiger partial charge in [-0.2, -0.15) is 5.10 Å². The molecule has 132 valence electrons. The molecule has 1 saturated carbocycles. The molecule has 0 unspecified atom stereocenters. The van der Waals surface area contributed by atoms with E-state index < -0.39 is 0 Å². The van der Waals surface area contributed by atoms with Crippen LogP contribution in [0.5, 0.6) is 0 Å². The number of benzene rings is 1. The third-order valence-electron chi connectivity index (χ3n) is 4.44. The monoisotopic (exact) mass is 357 g/mol. The van der Waals surface area contributed by atoms with Crippen LogP contribution in [0.2, 0.25) is 0 Å². The van der Waals surface area contributed by atoms with Gasteiger partial charge in [-0.3, -0.25) is 4.79 Å². The predicted molar refractivity (Wildman–Crippen MR) is 99.5 cm³/mol. The Morgan fingerprint density at radius 3 is 2.84 bits per heavy atom. The molecule has 1 fully saturated rings. The minimum atomic E-state index is -0.155. The van der Waals surface area contributed by atoms with Crippen molar-refractivity contribution in [3.63, 3.8) is 0 Å². The zero-order valence-corrected chi connectivity index (χ0v) is 15.4. The fraction of sp³-hybridized carbons (Fsp3) is 0.444. The first-order valence-corrected chi connectivity index (χ1v) is 9.54. The van der Waals surface area contributed by atoms with E-state index in [1.165, 1.54) is 6.42 Å². The van der Waals surface area contributed by atoms with Crippen LogP contribution in [0.25, 0.3) is 0 Å². The highest BCUT2D eigenvalue weighted by molar-refractivity contribution is 7.98. The molecule has 0 radical (unpaired) electrons. The van der Waals surface area contributed by atoms with Gasteiger partial charge >= 0.3 is 0 Å². The molecule has 2 aromatic rings. The van der Waals surface area contributed by atoms with Gasteiger partial charge in [0.25, 0.3) is 5.91 Å². The van der Waals surface area contributed by atoms with E-state index in [2.05, 4.69) is 27.6 Å². The highest BCUT2D eigenvalue weighted by atomic mass is 32.2. The summed E-state index contributed by atoms with van der Waals surface area (Å²) in [7, 11) is 1.92. The Morgan fingerprint density at radius 1 is 1.36 bits per heavy atom. The Hall–Kier alpha value is -2.15. The molecule has 25 heavy (non-hydrogen) atoms. The first kappa shape index (κ1) is 17.7. The van der Waals surface area contributed by atoms with Gasteiger partial charge in [-0.1, -0.05) is 37.2 Å². The molecule has 0 saturated heterocycles. The van der Waals surface area contributed by atoms with Crippen molar-refractivity contribution in [1.29, 1.82) is 0 Å². The maximum atomic E-state index is 12.2. The molecule has 1 aromatic heterocycles. The van der Waals surface area contributed by atoms with Gasteiger partial charge in [-0.05, 0) is 42.9 Å². The number of hydrogen-bond donors (Lipinski definition) is 1. The van der Waals surface area contributed by atoms with E-state index in [4.69, 9.17) is 0 Å². The smallest absolute Gasteiger partial charge is 0.271 e. The van der Waals surface area contributed by atoms with Crippen molar-refractivity contribution in [1.82, 2.24) is 20.2 Å². The third-order valence-corrected chi connectivity index (χ3v) is 5.55. The van der Waals surface area contributed by atoms with Gasteiger partial charge < -0.3 is 4.57 Å². The lowest BCUT2D eigenvalue weighted by Gasteiger charge is -2.19. The maximum absolute atomic E-state index is 12.2. The molecule has 7 heteroatoms. The van der Waals surface area contributed by atoms with Gasteiger partial charge in [0.1, 0.15) is 6.33 Å². The van der Waals surface area contributed by atoms with Crippen molar-refractivity contribution in [3.8, 4) is 0 Å². The van der Waals surface area contributed by atoms with Crippen LogP contribution in [-0.2, 0) is 12.8 Å². The summed E-state index contributed by atoms with van der Waals surface area (Å²) in [6.07, 6.45) is 6.25. The lowest BCUT2D eigenvalue weighted by atomic mass is 9.89. The van der Waals surface area contributed by atoms with Crippen LogP contribution in [0.4, 0.5) is 0 Å². The molecular weight excluding hydrogens is 334 g/mol. The summed E-state index contributed by atoms with van der Waals surface area (Å²) in [5, 5.41) is 13.1. The largest absolute Gasteiger partial charge is 0.312 e. The normalized spacial score (nSPS) is 19.1. The Balaban J connectivity index is 1.55. The summed E-state index contributed by atoms with van der Waals surface area (Å²) in [4.78, 5) is 12.2. The molecule has 1 N–H and O–H groups in total. The van der Waals surface area contributed by atoms with E-state index in [9.17, 15) is 4.79 Å². The molecular formula is C18H23N5OS. The standard InChI is InChI=1S/C18H23N5OS/c1-13-5-3-4-6-16(13)20-21-17(24)15-9-7-14(8-10-15)11-25-18-22-19-12-23(18)2/h7-10,12-13H,3-6,11H2,1-2H3,(H,21,24)/t13-/m1/s1. The van der Waals surface area contributed by atoms with Crippen LogP contribution in [0.3, 0.4) is 0 Å². The number of thioether (sulfide) groups is 1. The van der Waals surface area contributed by atoms with E-state index in [0.717, 1.165) is 41.4 Å². The third kappa shape index (κ3) is 4.69. The zero-order valence-electron chi connectivity index (χ0n) is 14.6. The summed E-state index contributed by atoms with van der Waals surface area (Å²) in [5.41, 5.74) is 5.57. The van der Waals surface area contributed by atoms with Crippen molar-refractivity contribution in [3.05, 3.63) is 41.7 Å². The molecule has 6 nitrogen and oxygen atoms in total. The van der Waals surface area contributed by atoms with E-state index >= 15 is 0 Å². The molecule has 0 aliphatic heterocycles. The van der Waals surface area contributed by atoms with E-state index in [1.54, 1.807) is 18.1 Å². The van der Waals surface area contributed by atoms with Crippen LogP contribution in [0, 0.1) is 5.92 Å². The summed E-state index contributed by atoms with van der Waals surface area (Å²) < 4.78 is 1.89. The fourth-order valence-corrected chi connectivity index (χ4v) is 3.67. The maximum Gasteiger partial charge on any atom is 0.271 e. The fourth-order valence-electron chi connectivity index (χ4n) is 2.83. The number of nitrogens with one attached hydrogen (secondary N) is 1. The molecule has 1 amide bonds. The van der Waals surface area contributed by atoms with Gasteiger partial charge in [0.05, 0.1) is 0 Å². The lowest BCUT2D eigenvalue weighted by molar-refractivity contribution is 0.0954. The van der Waals surface area contributed by atoms with E-state index in [1.807, 2.05) is 35.9 Å². The minimum absolute atomic E-state index is 0.155. The Bertz CT molecular complexity index is 753. The molecule has 1 atom stereocenters. The number of hydrogen-bond acceptors (Lipinski definition) is 5. The second-order valence-electron chi connectivity index (χ2n) is 6.40. The number of aromatic nitrogens is 3. The van der Waals surface area contributed by atoms with Crippen LogP contribution in [-0.4, -0.2) is 26.4 Å². The van der Waals surface area contributed by atoms with Crippen LogP contribution >= 0.6 is 11.8 Å². The molecule has 1 heterocycles. The van der Waals surface area contributed by atoms with Gasteiger partial charge in [-0.25, -0.2) is 5.43 Å². The number of carbonyl (C=O) groups is 1. The first-order valence-electron chi connectivity index (χ1n) is 8.56. The van der Waals surface area contributed by atoms with Gasteiger partial charge in [0.2, 0.25) is 0 Å². The van der Waals surface area contributed by atoms with Crippen LogP contribution in [0.15, 0.2) is 40.9 Å². The quantitative estimate of drug-likeness (QED) is 0.657. The summed E-state index contributed by atoms with van der Waals surface area (Å²) in [5.74, 6) is 1.10. The highest BCUT2D eigenvalue weighted by Gasteiger charge is 2.16. The topological polar surface area (TPSA) is 72.2 Å². The van der Waals surface area contributed by atoms with Gasteiger partial charge in [0.15, 0.2) is 5.16 Å². The number of nitrogens with zero attached hydrogens (tertiary/aromatic N) is 4. The number of rotatable bonds is 5. The predicted octanol–water partition coefficient (Wildman–Crippen LogP) is 3.40. The first-order chi connectivity index (χ1) is 12.1. The second-order valence-corrected chi connectivity index (χ2v) is 7.34. The summed E-state index contributed by atoms with van der Waals surface area (Å²) in [6, 6.07) is 7.61. The zero-order chi connectivity index (χ0) is 17.6. The number of aryl methyl sites for hydroxylation is 1. The molecule has 1 aromatic carbocycles. The molecule has 0 spiro atoms. The summed E-state index contributed by atoms with van der Waals surface area (Å²) in [6.45, 7) is 2.17. The summed E-state index contributed by atoms with van der Waals surface area (Å²) >= 11 is 1.62.